The number of nitrogens with zero attached hydrogens (tertiary/aromatic N) is 3. The molecule has 1 unspecified atom stereocenters. The number of fused-ring (bicyclic) bond motifs is 2. The minimum absolute atomic E-state index is 0.0276. The highest BCUT2D eigenvalue weighted by Crippen LogP contribution is 2.44. The van der Waals surface area contributed by atoms with E-state index < -0.39 is 11.9 Å². The van der Waals surface area contributed by atoms with Gasteiger partial charge in [-0.15, -0.1) is 10.2 Å². The van der Waals surface area contributed by atoms with Gasteiger partial charge in [0, 0.05) is 0 Å². The van der Waals surface area contributed by atoms with Crippen molar-refractivity contribution in [2.75, 3.05) is 18.1 Å². The molecule has 1 atom stereocenters. The summed E-state index contributed by atoms with van der Waals surface area (Å²) in [5.74, 6) is 0.787. The summed E-state index contributed by atoms with van der Waals surface area (Å²) >= 11 is 1.29. The molecular weight excluding hydrogens is 490 g/mol. The van der Waals surface area contributed by atoms with Crippen LogP contribution in [0.2, 0.25) is 0 Å². The molecule has 1 aliphatic rings. The Labute approximate surface area is 218 Å². The number of aromatic nitrogens is 2. The van der Waals surface area contributed by atoms with Gasteiger partial charge in [-0.25, -0.2) is 0 Å². The van der Waals surface area contributed by atoms with Crippen molar-refractivity contribution in [2.45, 2.75) is 53.5 Å². The lowest BCUT2D eigenvalue weighted by Gasteiger charge is -2.23. The number of carbonyl (C=O) groups excluding carboxylic acids is 1. The molecule has 37 heavy (non-hydrogen) atoms. The average Bonchev–Trinajstić information content (AvgIpc) is 3.42. The van der Waals surface area contributed by atoms with Crippen molar-refractivity contribution in [1.29, 1.82) is 0 Å². The van der Waals surface area contributed by atoms with Crippen LogP contribution in [0.25, 0.3) is 11.0 Å². The van der Waals surface area contributed by atoms with Crippen molar-refractivity contribution >= 4 is 33.3 Å². The van der Waals surface area contributed by atoms with Gasteiger partial charge in [0.15, 0.2) is 16.9 Å². The average molecular weight is 520 g/mol. The zero-order valence-electron chi connectivity index (χ0n) is 21.6. The zero-order valence-corrected chi connectivity index (χ0v) is 22.4. The van der Waals surface area contributed by atoms with Gasteiger partial charge in [-0.1, -0.05) is 30.7 Å². The van der Waals surface area contributed by atoms with Gasteiger partial charge in [0.1, 0.15) is 10.6 Å². The molecule has 3 heterocycles. The number of amides is 1. The van der Waals surface area contributed by atoms with E-state index in [1.165, 1.54) is 16.2 Å². The Morgan fingerprint density at radius 1 is 1.00 bits per heavy atom. The Bertz CT molecular complexity index is 1560. The summed E-state index contributed by atoms with van der Waals surface area (Å²) in [6, 6.07) is 8.41. The molecule has 0 saturated carbocycles. The second kappa shape index (κ2) is 9.97. The van der Waals surface area contributed by atoms with Crippen LogP contribution in [-0.4, -0.2) is 29.3 Å². The normalized spacial score (nSPS) is 14.9. The lowest BCUT2D eigenvalue weighted by molar-refractivity contribution is 0.0970. The number of carbonyl (C=O) groups is 1. The standard InChI is InChI=1S/C28H29N3O5S/c1-6-8-11-35-20-10-9-18(14-22(20)34-7-2)24-23-25(32)19-12-15(3)16(4)13-21(19)36-26(23)27(33)31(24)28-30-29-17(5)37-28/h9-10,12-14,24H,6-8,11H2,1-5H3. The molecule has 0 aliphatic carbocycles. The molecule has 4 aromatic rings. The van der Waals surface area contributed by atoms with Gasteiger partial charge in [0.25, 0.3) is 5.91 Å². The summed E-state index contributed by atoms with van der Waals surface area (Å²) in [5.41, 5.74) is 3.10. The van der Waals surface area contributed by atoms with Crippen LogP contribution in [0.1, 0.15) is 70.5 Å². The molecule has 0 bridgehead atoms. The first kappa shape index (κ1) is 25.0. The maximum atomic E-state index is 13.9. The number of benzene rings is 2. The van der Waals surface area contributed by atoms with Crippen LogP contribution in [0.4, 0.5) is 5.13 Å². The number of aryl methyl sites for hydroxylation is 3. The molecule has 5 rings (SSSR count). The molecule has 2 aromatic carbocycles. The molecule has 192 valence electrons. The molecule has 2 aromatic heterocycles. The van der Waals surface area contributed by atoms with Crippen molar-refractivity contribution in [3.05, 3.63) is 73.6 Å². The van der Waals surface area contributed by atoms with E-state index in [1.54, 1.807) is 0 Å². The smallest absolute Gasteiger partial charge is 0.297 e. The second-order valence-electron chi connectivity index (χ2n) is 9.13. The monoisotopic (exact) mass is 519 g/mol. The highest BCUT2D eigenvalue weighted by Gasteiger charge is 2.45. The number of hydrogen-bond donors (Lipinski definition) is 0. The van der Waals surface area contributed by atoms with Gasteiger partial charge >= 0.3 is 0 Å². The van der Waals surface area contributed by atoms with Crippen LogP contribution in [0, 0.1) is 20.8 Å². The SMILES string of the molecule is CCCCOc1ccc(C2c3c(oc4cc(C)c(C)cc4c3=O)C(=O)N2c2nnc(C)s2)cc1OCC. The third-order valence-electron chi connectivity index (χ3n) is 6.55. The van der Waals surface area contributed by atoms with Gasteiger partial charge in [-0.05, 0) is 75.1 Å². The van der Waals surface area contributed by atoms with Crippen molar-refractivity contribution in [3.8, 4) is 11.5 Å². The fourth-order valence-corrected chi connectivity index (χ4v) is 5.25. The topological polar surface area (TPSA) is 94.8 Å². The highest BCUT2D eigenvalue weighted by atomic mass is 32.1. The first-order valence-corrected chi connectivity index (χ1v) is 13.3. The summed E-state index contributed by atoms with van der Waals surface area (Å²) in [4.78, 5) is 29.2. The Balaban J connectivity index is 1.72. The number of hydrogen-bond acceptors (Lipinski definition) is 8. The fraction of sp³-hybridized carbons (Fsp3) is 0.357. The van der Waals surface area contributed by atoms with Crippen molar-refractivity contribution in [3.63, 3.8) is 0 Å². The summed E-state index contributed by atoms with van der Waals surface area (Å²) < 4.78 is 18.0. The van der Waals surface area contributed by atoms with Gasteiger partial charge in [0.2, 0.25) is 10.9 Å². The highest BCUT2D eigenvalue weighted by molar-refractivity contribution is 7.15. The summed E-state index contributed by atoms with van der Waals surface area (Å²) in [6.07, 6.45) is 1.94. The van der Waals surface area contributed by atoms with E-state index in [0.717, 1.165) is 24.0 Å². The van der Waals surface area contributed by atoms with Crippen molar-refractivity contribution < 1.29 is 18.7 Å². The van der Waals surface area contributed by atoms with Crippen LogP contribution in [-0.2, 0) is 0 Å². The van der Waals surface area contributed by atoms with E-state index in [9.17, 15) is 9.59 Å². The number of ether oxygens (including phenoxy) is 2. The lowest BCUT2D eigenvalue weighted by Crippen LogP contribution is -2.29. The Kier molecular flexibility index (Phi) is 6.72. The molecule has 8 nitrogen and oxygen atoms in total. The van der Waals surface area contributed by atoms with Crippen LogP contribution in [0.3, 0.4) is 0 Å². The van der Waals surface area contributed by atoms with Crippen LogP contribution < -0.4 is 19.8 Å². The van der Waals surface area contributed by atoms with E-state index in [4.69, 9.17) is 13.9 Å². The Hall–Kier alpha value is -3.72. The molecule has 1 aliphatic heterocycles. The van der Waals surface area contributed by atoms with Gasteiger partial charge in [-0.2, -0.15) is 0 Å². The Morgan fingerprint density at radius 3 is 2.49 bits per heavy atom. The summed E-state index contributed by atoms with van der Waals surface area (Å²) in [6.45, 7) is 10.7. The quantitative estimate of drug-likeness (QED) is 0.268. The predicted octanol–water partition coefficient (Wildman–Crippen LogP) is 5.90. The number of unbranched alkanes of at least 4 members (excludes halogenated alkanes) is 1. The first-order chi connectivity index (χ1) is 17.8. The van der Waals surface area contributed by atoms with E-state index in [1.807, 2.05) is 58.0 Å². The largest absolute Gasteiger partial charge is 0.490 e. The Morgan fingerprint density at radius 2 is 1.78 bits per heavy atom. The predicted molar refractivity (Wildman–Crippen MR) is 143 cm³/mol. The van der Waals surface area contributed by atoms with Crippen LogP contribution in [0.15, 0.2) is 39.5 Å². The molecule has 0 spiro atoms. The van der Waals surface area contributed by atoms with E-state index >= 15 is 0 Å². The van der Waals surface area contributed by atoms with Gasteiger partial charge < -0.3 is 13.9 Å². The molecule has 0 N–H and O–H groups in total. The zero-order chi connectivity index (χ0) is 26.3. The lowest BCUT2D eigenvalue weighted by atomic mass is 9.97. The maximum Gasteiger partial charge on any atom is 0.297 e. The first-order valence-electron chi connectivity index (χ1n) is 12.4. The molecule has 9 heteroatoms. The van der Waals surface area contributed by atoms with Crippen molar-refractivity contribution in [1.82, 2.24) is 10.2 Å². The molecular formula is C28H29N3O5S. The minimum atomic E-state index is -0.749. The second-order valence-corrected chi connectivity index (χ2v) is 10.3. The summed E-state index contributed by atoms with van der Waals surface area (Å²) in [7, 11) is 0. The van der Waals surface area contributed by atoms with E-state index in [-0.39, 0.29) is 16.8 Å². The maximum absolute atomic E-state index is 13.9. The van der Waals surface area contributed by atoms with E-state index in [2.05, 4.69) is 17.1 Å². The third kappa shape index (κ3) is 4.37. The molecule has 0 saturated heterocycles. The molecule has 0 fully saturated rings. The number of rotatable bonds is 8. The minimum Gasteiger partial charge on any atom is -0.490 e. The van der Waals surface area contributed by atoms with Gasteiger partial charge in [0.05, 0.1) is 30.2 Å². The van der Waals surface area contributed by atoms with E-state index in [0.29, 0.717) is 51.4 Å². The van der Waals surface area contributed by atoms with Crippen molar-refractivity contribution in [2.24, 2.45) is 0 Å². The van der Waals surface area contributed by atoms with Crippen LogP contribution >= 0.6 is 11.3 Å². The third-order valence-corrected chi connectivity index (χ3v) is 7.38. The summed E-state index contributed by atoms with van der Waals surface area (Å²) in [5, 5.41) is 9.90. The van der Waals surface area contributed by atoms with Gasteiger partial charge in [-0.3, -0.25) is 14.5 Å². The molecule has 1 amide bonds. The number of anilines is 1. The fourth-order valence-electron chi connectivity index (χ4n) is 4.53. The molecule has 0 radical (unpaired) electrons. The van der Waals surface area contributed by atoms with Crippen LogP contribution in [0.5, 0.6) is 11.5 Å².